The van der Waals surface area contributed by atoms with Crippen molar-refractivity contribution in [1.82, 2.24) is 9.80 Å². The molecule has 1 aromatic carbocycles. The molecule has 2 amide bonds. The van der Waals surface area contributed by atoms with Gasteiger partial charge in [-0.1, -0.05) is 29.8 Å². The van der Waals surface area contributed by atoms with E-state index in [2.05, 4.69) is 0 Å². The molecule has 1 aromatic rings. The molecule has 1 atom stereocenters. The number of amides is 2. The van der Waals surface area contributed by atoms with Crippen LogP contribution >= 0.6 is 11.6 Å². The summed E-state index contributed by atoms with van der Waals surface area (Å²) in [5.41, 5.74) is 0.950. The van der Waals surface area contributed by atoms with Gasteiger partial charge in [0.2, 0.25) is 0 Å². The van der Waals surface area contributed by atoms with Crippen LogP contribution in [-0.2, 0) is 4.74 Å². The number of halogens is 1. The van der Waals surface area contributed by atoms with Gasteiger partial charge in [0.05, 0.1) is 13.2 Å². The summed E-state index contributed by atoms with van der Waals surface area (Å²) in [5, 5.41) is 0.689. The Morgan fingerprint density at radius 2 is 2.10 bits per heavy atom. The number of hydrogen-bond acceptors (Lipinski definition) is 2. The van der Waals surface area contributed by atoms with E-state index in [0.29, 0.717) is 24.7 Å². The molecule has 0 aliphatic carbocycles. The molecule has 0 radical (unpaired) electrons. The Hall–Kier alpha value is -1.26. The highest BCUT2D eigenvalue weighted by Gasteiger charge is 2.28. The molecule has 1 saturated heterocycles. The molecule has 0 aromatic heterocycles. The van der Waals surface area contributed by atoms with Crippen LogP contribution in [0.15, 0.2) is 24.3 Å². The number of nitrogens with zero attached hydrogens (tertiary/aromatic N) is 2. The van der Waals surface area contributed by atoms with Crippen LogP contribution in [-0.4, -0.2) is 48.6 Å². The number of morpholine rings is 1. The van der Waals surface area contributed by atoms with Crippen LogP contribution in [0.5, 0.6) is 0 Å². The monoisotopic (exact) mass is 296 g/mol. The zero-order valence-electron chi connectivity index (χ0n) is 12.0. The standard InChI is InChI=1S/C15H21ClN2O2/c1-3-17(4-2)15(19)18-9-10-20-14(11-18)12-7-5-6-8-13(12)16/h5-8,14H,3-4,9-11H2,1-2H3. The number of carbonyl (C=O) groups excluding carboxylic acids is 1. The molecule has 1 fully saturated rings. The van der Waals surface area contributed by atoms with E-state index in [9.17, 15) is 4.79 Å². The first kappa shape index (κ1) is 15.1. The predicted octanol–water partition coefficient (Wildman–Crippen LogP) is 3.18. The van der Waals surface area contributed by atoms with E-state index in [4.69, 9.17) is 16.3 Å². The number of ether oxygens (including phenoxy) is 1. The van der Waals surface area contributed by atoms with Gasteiger partial charge in [0, 0.05) is 30.2 Å². The van der Waals surface area contributed by atoms with E-state index in [0.717, 1.165) is 18.7 Å². The molecule has 20 heavy (non-hydrogen) atoms. The Bertz CT molecular complexity index is 463. The Labute approximate surface area is 125 Å². The number of urea groups is 1. The lowest BCUT2D eigenvalue weighted by Crippen LogP contribution is -2.48. The molecule has 0 bridgehead atoms. The van der Waals surface area contributed by atoms with Gasteiger partial charge in [-0.05, 0) is 19.9 Å². The molecule has 2 rings (SSSR count). The van der Waals surface area contributed by atoms with Gasteiger partial charge < -0.3 is 14.5 Å². The van der Waals surface area contributed by atoms with Gasteiger partial charge in [-0.15, -0.1) is 0 Å². The lowest BCUT2D eigenvalue weighted by Gasteiger charge is -2.36. The number of carbonyl (C=O) groups is 1. The summed E-state index contributed by atoms with van der Waals surface area (Å²) in [6.07, 6.45) is -0.142. The summed E-state index contributed by atoms with van der Waals surface area (Å²) in [6, 6.07) is 7.72. The highest BCUT2D eigenvalue weighted by atomic mass is 35.5. The van der Waals surface area contributed by atoms with E-state index in [1.807, 2.05) is 47.9 Å². The van der Waals surface area contributed by atoms with Crippen LogP contribution in [0.25, 0.3) is 0 Å². The molecule has 1 heterocycles. The van der Waals surface area contributed by atoms with Gasteiger partial charge in [0.15, 0.2) is 0 Å². The van der Waals surface area contributed by atoms with Crippen molar-refractivity contribution < 1.29 is 9.53 Å². The van der Waals surface area contributed by atoms with Crippen LogP contribution in [0, 0.1) is 0 Å². The highest BCUT2D eigenvalue weighted by Crippen LogP contribution is 2.28. The van der Waals surface area contributed by atoms with Crippen LogP contribution < -0.4 is 0 Å². The smallest absolute Gasteiger partial charge is 0.320 e. The van der Waals surface area contributed by atoms with Crippen LogP contribution in [0.2, 0.25) is 5.02 Å². The zero-order chi connectivity index (χ0) is 14.5. The summed E-state index contributed by atoms with van der Waals surface area (Å²) in [4.78, 5) is 16.1. The maximum atomic E-state index is 12.4. The number of rotatable bonds is 3. The van der Waals surface area contributed by atoms with E-state index < -0.39 is 0 Å². The second-order valence-corrected chi connectivity index (χ2v) is 5.19. The lowest BCUT2D eigenvalue weighted by atomic mass is 10.1. The largest absolute Gasteiger partial charge is 0.370 e. The molecular formula is C15H21ClN2O2. The molecular weight excluding hydrogens is 276 g/mol. The average molecular weight is 297 g/mol. The van der Waals surface area contributed by atoms with E-state index in [1.165, 1.54) is 0 Å². The summed E-state index contributed by atoms with van der Waals surface area (Å²) in [6.45, 7) is 7.17. The fourth-order valence-electron chi connectivity index (χ4n) is 2.44. The topological polar surface area (TPSA) is 32.8 Å². The molecule has 1 aliphatic heterocycles. The Balaban J connectivity index is 2.09. The quantitative estimate of drug-likeness (QED) is 0.858. The minimum absolute atomic E-state index is 0.0790. The van der Waals surface area contributed by atoms with Crippen molar-refractivity contribution in [3.8, 4) is 0 Å². The number of benzene rings is 1. The van der Waals surface area contributed by atoms with E-state index in [1.54, 1.807) is 0 Å². The predicted molar refractivity (Wildman–Crippen MR) is 80.0 cm³/mol. The van der Waals surface area contributed by atoms with Crippen molar-refractivity contribution in [2.24, 2.45) is 0 Å². The van der Waals surface area contributed by atoms with Crippen LogP contribution in [0.1, 0.15) is 25.5 Å². The molecule has 1 aliphatic rings. The van der Waals surface area contributed by atoms with Gasteiger partial charge in [-0.25, -0.2) is 4.79 Å². The maximum absolute atomic E-state index is 12.4. The first-order valence-electron chi connectivity index (χ1n) is 7.07. The Kier molecular flexibility index (Phi) is 5.26. The molecule has 0 spiro atoms. The third-order valence-electron chi connectivity index (χ3n) is 3.62. The fourth-order valence-corrected chi connectivity index (χ4v) is 2.70. The van der Waals surface area contributed by atoms with Crippen molar-refractivity contribution in [1.29, 1.82) is 0 Å². The average Bonchev–Trinajstić information content (AvgIpc) is 2.49. The molecule has 0 saturated carbocycles. The minimum atomic E-state index is -0.142. The third-order valence-corrected chi connectivity index (χ3v) is 3.97. The second-order valence-electron chi connectivity index (χ2n) is 4.78. The molecule has 110 valence electrons. The molecule has 4 nitrogen and oxygen atoms in total. The Morgan fingerprint density at radius 3 is 2.75 bits per heavy atom. The SMILES string of the molecule is CCN(CC)C(=O)N1CCOC(c2ccccc2Cl)C1. The summed E-state index contributed by atoms with van der Waals surface area (Å²) in [7, 11) is 0. The summed E-state index contributed by atoms with van der Waals surface area (Å²) in [5.74, 6) is 0. The first-order chi connectivity index (χ1) is 9.67. The minimum Gasteiger partial charge on any atom is -0.370 e. The number of hydrogen-bond donors (Lipinski definition) is 0. The summed E-state index contributed by atoms with van der Waals surface area (Å²) >= 11 is 6.21. The van der Waals surface area contributed by atoms with Crippen molar-refractivity contribution in [2.45, 2.75) is 20.0 Å². The van der Waals surface area contributed by atoms with Crippen LogP contribution in [0.4, 0.5) is 4.79 Å². The van der Waals surface area contributed by atoms with Crippen molar-refractivity contribution in [3.63, 3.8) is 0 Å². The highest BCUT2D eigenvalue weighted by molar-refractivity contribution is 6.31. The third kappa shape index (κ3) is 3.25. The normalized spacial score (nSPS) is 18.9. The second kappa shape index (κ2) is 6.95. The van der Waals surface area contributed by atoms with E-state index >= 15 is 0 Å². The van der Waals surface area contributed by atoms with Gasteiger partial charge >= 0.3 is 6.03 Å². The molecule has 0 N–H and O–H groups in total. The van der Waals surface area contributed by atoms with Gasteiger partial charge in [-0.3, -0.25) is 0 Å². The first-order valence-corrected chi connectivity index (χ1v) is 7.45. The fraction of sp³-hybridized carbons (Fsp3) is 0.533. The maximum Gasteiger partial charge on any atom is 0.320 e. The molecule has 1 unspecified atom stereocenters. The van der Waals surface area contributed by atoms with Crippen molar-refractivity contribution >= 4 is 17.6 Å². The zero-order valence-corrected chi connectivity index (χ0v) is 12.8. The van der Waals surface area contributed by atoms with E-state index in [-0.39, 0.29) is 12.1 Å². The molecule has 5 heteroatoms. The van der Waals surface area contributed by atoms with Crippen molar-refractivity contribution in [3.05, 3.63) is 34.9 Å². The van der Waals surface area contributed by atoms with Gasteiger partial charge in [-0.2, -0.15) is 0 Å². The van der Waals surface area contributed by atoms with Gasteiger partial charge in [0.25, 0.3) is 0 Å². The van der Waals surface area contributed by atoms with Crippen LogP contribution in [0.3, 0.4) is 0 Å². The Morgan fingerprint density at radius 1 is 1.40 bits per heavy atom. The van der Waals surface area contributed by atoms with Crippen molar-refractivity contribution in [2.75, 3.05) is 32.8 Å². The summed E-state index contributed by atoms with van der Waals surface area (Å²) < 4.78 is 5.78. The lowest BCUT2D eigenvalue weighted by molar-refractivity contribution is -0.0201. The van der Waals surface area contributed by atoms with Gasteiger partial charge in [0.1, 0.15) is 6.10 Å².